The molecule has 0 bridgehead atoms. The van der Waals surface area contributed by atoms with E-state index in [-0.39, 0.29) is 11.8 Å². The van der Waals surface area contributed by atoms with E-state index >= 15 is 0 Å². The van der Waals surface area contributed by atoms with E-state index in [0.29, 0.717) is 31.1 Å². The average Bonchev–Trinajstić information content (AvgIpc) is 3.15. The number of nitrogens with zero attached hydrogens (tertiary/aromatic N) is 5. The molecule has 1 N–H and O–H groups in total. The molecule has 1 saturated carbocycles. The summed E-state index contributed by atoms with van der Waals surface area (Å²) in [7, 11) is 0. The lowest BCUT2D eigenvalue weighted by atomic mass is 9.69. The van der Waals surface area contributed by atoms with Crippen LogP contribution in [0.15, 0.2) is 30.6 Å². The molecule has 0 radical (unpaired) electrons. The predicted molar refractivity (Wildman–Crippen MR) is 90.7 cm³/mol. The van der Waals surface area contributed by atoms with Gasteiger partial charge in [-0.2, -0.15) is 0 Å². The number of aromatic nitrogens is 4. The maximum absolute atomic E-state index is 12.8. The van der Waals surface area contributed by atoms with Crippen LogP contribution >= 0.6 is 0 Å². The SMILES string of the molecule is C[C@@H]1CN(C(=O)c2ccc(Cn3cnnn3)cc2)C[C@@]1(O)C1CCC1. The number of aliphatic hydroxyl groups is 1. The van der Waals surface area contributed by atoms with Gasteiger partial charge < -0.3 is 10.0 Å². The molecule has 7 nitrogen and oxygen atoms in total. The predicted octanol–water partition coefficient (Wildman–Crippen LogP) is 1.34. The highest BCUT2D eigenvalue weighted by Gasteiger charge is 2.51. The van der Waals surface area contributed by atoms with Crippen LogP contribution in [0.25, 0.3) is 0 Å². The van der Waals surface area contributed by atoms with Crippen molar-refractivity contribution in [2.45, 2.75) is 38.3 Å². The van der Waals surface area contributed by atoms with Gasteiger partial charge in [-0.1, -0.05) is 25.5 Å². The molecule has 4 rings (SSSR count). The second kappa shape index (κ2) is 6.22. The molecule has 1 aliphatic carbocycles. The number of amides is 1. The van der Waals surface area contributed by atoms with Crippen LogP contribution in [0.2, 0.25) is 0 Å². The Morgan fingerprint density at radius 1 is 1.32 bits per heavy atom. The summed E-state index contributed by atoms with van der Waals surface area (Å²) in [5.41, 5.74) is 0.976. The fourth-order valence-corrected chi connectivity index (χ4v) is 3.98. The molecule has 1 aromatic heterocycles. The van der Waals surface area contributed by atoms with E-state index in [0.717, 1.165) is 18.4 Å². The molecule has 2 aliphatic rings. The number of hydrogen-bond donors (Lipinski definition) is 1. The summed E-state index contributed by atoms with van der Waals surface area (Å²) in [5, 5.41) is 22.1. The van der Waals surface area contributed by atoms with E-state index in [4.69, 9.17) is 0 Å². The van der Waals surface area contributed by atoms with Gasteiger partial charge in [-0.05, 0) is 46.9 Å². The molecule has 2 atom stereocenters. The van der Waals surface area contributed by atoms with Crippen molar-refractivity contribution in [3.63, 3.8) is 0 Å². The van der Waals surface area contributed by atoms with Crippen LogP contribution in [0.5, 0.6) is 0 Å². The molecule has 0 spiro atoms. The standard InChI is InChI=1S/C18H23N5O2/c1-13-9-22(11-18(13,25)16-3-2-4-16)17(24)15-7-5-14(6-8-15)10-23-12-19-20-21-23/h5-8,12-13,16,25H,2-4,9-11H2,1H3/t13-,18+/m1/s1. The lowest BCUT2D eigenvalue weighted by molar-refractivity contribution is -0.0660. The number of carbonyl (C=O) groups excluding carboxylic acids is 1. The first-order chi connectivity index (χ1) is 12.1. The number of tetrazole rings is 1. The van der Waals surface area contributed by atoms with E-state index in [9.17, 15) is 9.90 Å². The van der Waals surface area contributed by atoms with Gasteiger partial charge in [0.15, 0.2) is 0 Å². The molecule has 25 heavy (non-hydrogen) atoms. The summed E-state index contributed by atoms with van der Waals surface area (Å²) in [6.07, 6.45) is 4.91. The molecule has 1 saturated heterocycles. The monoisotopic (exact) mass is 341 g/mol. The number of hydrogen-bond acceptors (Lipinski definition) is 5. The van der Waals surface area contributed by atoms with Crippen molar-refractivity contribution in [2.75, 3.05) is 13.1 Å². The molecule has 1 aliphatic heterocycles. The zero-order valence-corrected chi connectivity index (χ0v) is 14.4. The molecule has 1 amide bonds. The van der Waals surface area contributed by atoms with Crippen LogP contribution in [0.4, 0.5) is 0 Å². The molecular formula is C18H23N5O2. The third-order valence-corrected chi connectivity index (χ3v) is 5.83. The summed E-state index contributed by atoms with van der Waals surface area (Å²) in [5.74, 6) is 0.468. The molecular weight excluding hydrogens is 318 g/mol. The van der Waals surface area contributed by atoms with Gasteiger partial charge in [-0.25, -0.2) is 4.68 Å². The van der Waals surface area contributed by atoms with E-state index in [1.807, 2.05) is 24.3 Å². The Morgan fingerprint density at radius 2 is 2.08 bits per heavy atom. The smallest absolute Gasteiger partial charge is 0.253 e. The molecule has 132 valence electrons. The van der Waals surface area contributed by atoms with Gasteiger partial charge in [0.05, 0.1) is 18.7 Å². The minimum absolute atomic E-state index is 0.00364. The molecule has 2 fully saturated rings. The van der Waals surface area contributed by atoms with Crippen LogP contribution in [0.1, 0.15) is 42.1 Å². The molecule has 2 heterocycles. The first-order valence-corrected chi connectivity index (χ1v) is 8.87. The Hall–Kier alpha value is -2.28. The molecule has 0 unspecified atom stereocenters. The van der Waals surface area contributed by atoms with Gasteiger partial charge in [0.25, 0.3) is 5.91 Å². The van der Waals surface area contributed by atoms with Crippen molar-refractivity contribution in [1.29, 1.82) is 0 Å². The maximum Gasteiger partial charge on any atom is 0.253 e. The average molecular weight is 341 g/mol. The fraction of sp³-hybridized carbons (Fsp3) is 0.556. The van der Waals surface area contributed by atoms with Gasteiger partial charge in [-0.15, -0.1) is 5.10 Å². The zero-order valence-electron chi connectivity index (χ0n) is 14.4. The second-order valence-electron chi connectivity index (χ2n) is 7.41. The first kappa shape index (κ1) is 16.2. The third kappa shape index (κ3) is 2.93. The summed E-state index contributed by atoms with van der Waals surface area (Å²) >= 11 is 0. The highest BCUT2D eigenvalue weighted by molar-refractivity contribution is 5.94. The van der Waals surface area contributed by atoms with Crippen LogP contribution in [0, 0.1) is 11.8 Å². The van der Waals surface area contributed by atoms with Crippen LogP contribution in [-0.2, 0) is 6.54 Å². The van der Waals surface area contributed by atoms with Gasteiger partial charge in [0, 0.05) is 18.0 Å². The van der Waals surface area contributed by atoms with Gasteiger partial charge in [-0.3, -0.25) is 4.79 Å². The summed E-state index contributed by atoms with van der Waals surface area (Å²) in [6.45, 7) is 3.70. The van der Waals surface area contributed by atoms with Gasteiger partial charge in [0.2, 0.25) is 0 Å². The Morgan fingerprint density at radius 3 is 2.68 bits per heavy atom. The summed E-state index contributed by atoms with van der Waals surface area (Å²) in [4.78, 5) is 14.6. The van der Waals surface area contributed by atoms with Crippen LogP contribution in [0.3, 0.4) is 0 Å². The Labute approximate surface area is 146 Å². The first-order valence-electron chi connectivity index (χ1n) is 8.87. The minimum Gasteiger partial charge on any atom is -0.387 e. The van der Waals surface area contributed by atoms with E-state index in [1.165, 1.54) is 6.42 Å². The summed E-state index contributed by atoms with van der Waals surface area (Å²) in [6, 6.07) is 7.53. The van der Waals surface area contributed by atoms with Gasteiger partial charge >= 0.3 is 0 Å². The second-order valence-corrected chi connectivity index (χ2v) is 7.41. The Kier molecular flexibility index (Phi) is 4.03. The highest BCUT2D eigenvalue weighted by atomic mass is 16.3. The van der Waals surface area contributed by atoms with E-state index in [1.54, 1.807) is 15.9 Å². The number of benzene rings is 1. The summed E-state index contributed by atoms with van der Waals surface area (Å²) < 4.78 is 1.64. The maximum atomic E-state index is 12.8. The normalized spacial score (nSPS) is 26.6. The van der Waals surface area contributed by atoms with Crippen LogP contribution in [-0.4, -0.2) is 54.8 Å². The number of likely N-dealkylation sites (tertiary alicyclic amines) is 1. The highest BCUT2D eigenvalue weighted by Crippen LogP contribution is 2.44. The lowest BCUT2D eigenvalue weighted by Gasteiger charge is -2.41. The van der Waals surface area contributed by atoms with Crippen molar-refractivity contribution in [3.05, 3.63) is 41.7 Å². The Balaban J connectivity index is 1.44. The third-order valence-electron chi connectivity index (χ3n) is 5.83. The van der Waals surface area contributed by atoms with E-state index < -0.39 is 5.60 Å². The minimum atomic E-state index is -0.714. The number of carbonyl (C=O) groups is 1. The van der Waals surface area contributed by atoms with Crippen molar-refractivity contribution in [2.24, 2.45) is 11.8 Å². The van der Waals surface area contributed by atoms with E-state index in [2.05, 4.69) is 22.4 Å². The van der Waals surface area contributed by atoms with Crippen molar-refractivity contribution in [1.82, 2.24) is 25.1 Å². The topological polar surface area (TPSA) is 84.1 Å². The zero-order chi connectivity index (χ0) is 17.4. The molecule has 2 aromatic rings. The molecule has 1 aromatic carbocycles. The number of β-amino-alcohol motifs (C(OH)–C–C–N with tert-alkyl or cyclic N) is 1. The Bertz CT molecular complexity index is 741. The number of rotatable bonds is 4. The van der Waals surface area contributed by atoms with Crippen molar-refractivity contribution in [3.8, 4) is 0 Å². The van der Waals surface area contributed by atoms with Crippen molar-refractivity contribution < 1.29 is 9.90 Å². The van der Waals surface area contributed by atoms with Gasteiger partial charge in [0.1, 0.15) is 6.33 Å². The lowest BCUT2D eigenvalue weighted by Crippen LogP contribution is -2.48. The fourth-order valence-electron chi connectivity index (χ4n) is 3.98. The molecule has 7 heteroatoms. The van der Waals surface area contributed by atoms with Crippen molar-refractivity contribution >= 4 is 5.91 Å². The van der Waals surface area contributed by atoms with Crippen LogP contribution < -0.4 is 0 Å². The quantitative estimate of drug-likeness (QED) is 0.907. The largest absolute Gasteiger partial charge is 0.387 e.